The Hall–Kier alpha value is -0.650. The van der Waals surface area contributed by atoms with Crippen LogP contribution in [0.3, 0.4) is 0 Å². The number of rotatable bonds is 8. The summed E-state index contributed by atoms with van der Waals surface area (Å²) in [7, 11) is 1.66. The highest BCUT2D eigenvalue weighted by Crippen LogP contribution is 2.27. The van der Waals surface area contributed by atoms with Crippen LogP contribution in [-0.4, -0.2) is 52.5 Å². The molecule has 5 nitrogen and oxygen atoms in total. The Morgan fingerprint density at radius 1 is 1.28 bits per heavy atom. The molecule has 1 fully saturated rings. The maximum Gasteiger partial charge on any atom is 0.226 e. The Labute approximate surface area is 110 Å². The molecular formula is C13H26N2O3. The van der Waals surface area contributed by atoms with Gasteiger partial charge in [0, 0.05) is 25.7 Å². The number of methoxy groups -OCH3 is 1. The molecule has 0 aromatic rings. The molecule has 5 heteroatoms. The monoisotopic (exact) mass is 258 g/mol. The zero-order valence-corrected chi connectivity index (χ0v) is 11.6. The van der Waals surface area contributed by atoms with Gasteiger partial charge in [-0.05, 0) is 32.4 Å². The predicted molar refractivity (Wildman–Crippen MR) is 70.5 cm³/mol. The SMILES string of the molecule is COCCOCCCNC(=O)C1(C)CCNCC1. The lowest BCUT2D eigenvalue weighted by atomic mass is 9.80. The Morgan fingerprint density at radius 2 is 2.00 bits per heavy atom. The van der Waals surface area contributed by atoms with Crippen molar-refractivity contribution in [1.29, 1.82) is 0 Å². The van der Waals surface area contributed by atoms with Gasteiger partial charge in [-0.2, -0.15) is 0 Å². The predicted octanol–water partition coefficient (Wildman–Crippen LogP) is 0.545. The highest BCUT2D eigenvalue weighted by Gasteiger charge is 2.33. The van der Waals surface area contributed by atoms with Crippen LogP contribution in [0.1, 0.15) is 26.2 Å². The van der Waals surface area contributed by atoms with Crippen LogP contribution in [0.25, 0.3) is 0 Å². The van der Waals surface area contributed by atoms with Crippen LogP contribution >= 0.6 is 0 Å². The van der Waals surface area contributed by atoms with Gasteiger partial charge in [-0.3, -0.25) is 4.79 Å². The fourth-order valence-corrected chi connectivity index (χ4v) is 2.04. The van der Waals surface area contributed by atoms with Gasteiger partial charge in [-0.1, -0.05) is 6.92 Å². The Bertz CT molecular complexity index is 240. The largest absolute Gasteiger partial charge is 0.382 e. The molecule has 0 spiro atoms. The van der Waals surface area contributed by atoms with Gasteiger partial charge >= 0.3 is 0 Å². The summed E-state index contributed by atoms with van der Waals surface area (Å²) in [5.41, 5.74) is -0.192. The first-order valence-corrected chi connectivity index (χ1v) is 6.75. The number of hydrogen-bond donors (Lipinski definition) is 2. The molecule has 1 saturated heterocycles. The molecule has 106 valence electrons. The van der Waals surface area contributed by atoms with E-state index in [0.29, 0.717) is 26.4 Å². The quantitative estimate of drug-likeness (QED) is 0.624. The zero-order valence-electron chi connectivity index (χ0n) is 11.6. The number of carbonyl (C=O) groups excluding carboxylic acids is 1. The minimum absolute atomic E-state index is 0.181. The molecule has 0 saturated carbocycles. The lowest BCUT2D eigenvalue weighted by Crippen LogP contribution is -2.46. The van der Waals surface area contributed by atoms with Crippen molar-refractivity contribution in [2.45, 2.75) is 26.2 Å². The van der Waals surface area contributed by atoms with Crippen molar-refractivity contribution in [2.75, 3.05) is 46.6 Å². The van der Waals surface area contributed by atoms with Gasteiger partial charge in [-0.25, -0.2) is 0 Å². The summed E-state index contributed by atoms with van der Waals surface area (Å²) in [5, 5.41) is 6.28. The van der Waals surface area contributed by atoms with Crippen molar-refractivity contribution in [3.63, 3.8) is 0 Å². The summed E-state index contributed by atoms with van der Waals surface area (Å²) in [6.07, 6.45) is 2.69. The first-order chi connectivity index (χ1) is 8.69. The van der Waals surface area contributed by atoms with Gasteiger partial charge in [0.05, 0.1) is 13.2 Å². The van der Waals surface area contributed by atoms with Gasteiger partial charge in [0.15, 0.2) is 0 Å². The van der Waals surface area contributed by atoms with Crippen molar-refractivity contribution < 1.29 is 14.3 Å². The molecule has 1 amide bonds. The van der Waals surface area contributed by atoms with E-state index in [0.717, 1.165) is 32.4 Å². The summed E-state index contributed by atoms with van der Waals surface area (Å²) in [5.74, 6) is 0.181. The smallest absolute Gasteiger partial charge is 0.226 e. The molecule has 1 rings (SSSR count). The van der Waals surface area contributed by atoms with Crippen molar-refractivity contribution >= 4 is 5.91 Å². The molecule has 0 atom stereocenters. The fourth-order valence-electron chi connectivity index (χ4n) is 2.04. The maximum absolute atomic E-state index is 12.1. The maximum atomic E-state index is 12.1. The van der Waals surface area contributed by atoms with E-state index in [1.165, 1.54) is 0 Å². The van der Waals surface area contributed by atoms with E-state index in [1.807, 2.05) is 0 Å². The molecule has 0 unspecified atom stereocenters. The van der Waals surface area contributed by atoms with Crippen LogP contribution in [0.5, 0.6) is 0 Å². The first-order valence-electron chi connectivity index (χ1n) is 6.75. The number of amides is 1. The van der Waals surface area contributed by atoms with E-state index >= 15 is 0 Å². The van der Waals surface area contributed by atoms with E-state index in [-0.39, 0.29) is 11.3 Å². The summed E-state index contributed by atoms with van der Waals surface area (Å²) in [6, 6.07) is 0. The van der Waals surface area contributed by atoms with Gasteiger partial charge in [0.2, 0.25) is 5.91 Å². The normalized spacial score (nSPS) is 18.6. The third-order valence-corrected chi connectivity index (χ3v) is 3.44. The summed E-state index contributed by atoms with van der Waals surface area (Å²) in [4.78, 5) is 12.1. The zero-order chi connectivity index (χ0) is 13.3. The molecule has 0 aromatic carbocycles. The second-order valence-electron chi connectivity index (χ2n) is 5.03. The summed E-state index contributed by atoms with van der Waals surface area (Å²) < 4.78 is 10.2. The molecule has 18 heavy (non-hydrogen) atoms. The average Bonchev–Trinajstić information content (AvgIpc) is 2.38. The van der Waals surface area contributed by atoms with Crippen LogP contribution < -0.4 is 10.6 Å². The molecule has 1 aliphatic heterocycles. The minimum Gasteiger partial charge on any atom is -0.382 e. The second kappa shape index (κ2) is 8.45. The van der Waals surface area contributed by atoms with Crippen LogP contribution in [0, 0.1) is 5.41 Å². The second-order valence-corrected chi connectivity index (χ2v) is 5.03. The lowest BCUT2D eigenvalue weighted by molar-refractivity contribution is -0.131. The van der Waals surface area contributed by atoms with Crippen LogP contribution in [0.15, 0.2) is 0 Å². The van der Waals surface area contributed by atoms with Crippen LogP contribution in [-0.2, 0) is 14.3 Å². The van der Waals surface area contributed by atoms with Crippen LogP contribution in [0.2, 0.25) is 0 Å². The minimum atomic E-state index is -0.192. The summed E-state index contributed by atoms with van der Waals surface area (Å²) >= 11 is 0. The van der Waals surface area contributed by atoms with E-state index in [4.69, 9.17) is 9.47 Å². The lowest BCUT2D eigenvalue weighted by Gasteiger charge is -2.32. The first kappa shape index (κ1) is 15.4. The summed E-state index contributed by atoms with van der Waals surface area (Å²) in [6.45, 7) is 6.52. The van der Waals surface area contributed by atoms with E-state index in [1.54, 1.807) is 7.11 Å². The van der Waals surface area contributed by atoms with Crippen molar-refractivity contribution in [3.05, 3.63) is 0 Å². The topological polar surface area (TPSA) is 59.6 Å². The van der Waals surface area contributed by atoms with Crippen molar-refractivity contribution in [2.24, 2.45) is 5.41 Å². The fraction of sp³-hybridized carbons (Fsp3) is 0.923. The van der Waals surface area contributed by atoms with Crippen LogP contribution in [0.4, 0.5) is 0 Å². The third-order valence-electron chi connectivity index (χ3n) is 3.44. The van der Waals surface area contributed by atoms with E-state index < -0.39 is 0 Å². The average molecular weight is 258 g/mol. The van der Waals surface area contributed by atoms with Gasteiger partial charge < -0.3 is 20.1 Å². The van der Waals surface area contributed by atoms with Gasteiger partial charge in [0.1, 0.15) is 0 Å². The molecule has 1 aliphatic rings. The molecule has 0 aliphatic carbocycles. The van der Waals surface area contributed by atoms with E-state index in [9.17, 15) is 4.79 Å². The standard InChI is InChI=1S/C13H26N2O3/c1-13(4-7-14-8-5-13)12(16)15-6-3-9-18-11-10-17-2/h14H,3-11H2,1-2H3,(H,15,16). The van der Waals surface area contributed by atoms with E-state index in [2.05, 4.69) is 17.6 Å². The molecule has 0 aromatic heterocycles. The number of carbonyl (C=O) groups is 1. The molecule has 2 N–H and O–H groups in total. The number of piperidine rings is 1. The number of hydrogen-bond acceptors (Lipinski definition) is 4. The highest BCUT2D eigenvalue weighted by atomic mass is 16.5. The van der Waals surface area contributed by atoms with Crippen molar-refractivity contribution in [3.8, 4) is 0 Å². The Balaban J connectivity index is 2.05. The van der Waals surface area contributed by atoms with Gasteiger partial charge in [0.25, 0.3) is 0 Å². The molecule has 0 radical (unpaired) electrons. The number of nitrogens with one attached hydrogen (secondary N) is 2. The molecule has 1 heterocycles. The highest BCUT2D eigenvalue weighted by molar-refractivity contribution is 5.82. The molecule has 0 bridgehead atoms. The van der Waals surface area contributed by atoms with Crippen molar-refractivity contribution in [1.82, 2.24) is 10.6 Å². The number of ether oxygens (including phenoxy) is 2. The Morgan fingerprint density at radius 3 is 2.67 bits per heavy atom. The third kappa shape index (κ3) is 5.33. The Kier molecular flexibility index (Phi) is 7.23. The van der Waals surface area contributed by atoms with Gasteiger partial charge in [-0.15, -0.1) is 0 Å². The molecular weight excluding hydrogens is 232 g/mol.